The predicted octanol–water partition coefficient (Wildman–Crippen LogP) is 1.61. The average Bonchev–Trinajstić information content (AvgIpc) is 2.35. The molecule has 2 aromatic rings. The highest BCUT2D eigenvalue weighted by Gasteiger charge is 2.01. The van der Waals surface area contributed by atoms with E-state index >= 15 is 0 Å². The van der Waals surface area contributed by atoms with E-state index in [2.05, 4.69) is 10.3 Å². The van der Waals surface area contributed by atoms with Gasteiger partial charge in [0.2, 0.25) is 0 Å². The molecule has 2 rings (SSSR count). The lowest BCUT2D eigenvalue weighted by molar-refractivity contribution is 0.669. The van der Waals surface area contributed by atoms with Gasteiger partial charge in [-0.3, -0.25) is 14.3 Å². The number of benzene rings is 1. The van der Waals surface area contributed by atoms with Crippen LogP contribution in [0.15, 0.2) is 40.1 Å². The van der Waals surface area contributed by atoms with Gasteiger partial charge in [0.05, 0.1) is 0 Å². The van der Waals surface area contributed by atoms with Crippen LogP contribution in [-0.2, 0) is 6.54 Å². The van der Waals surface area contributed by atoms with Crippen molar-refractivity contribution in [3.63, 3.8) is 0 Å². The summed E-state index contributed by atoms with van der Waals surface area (Å²) in [4.78, 5) is 24.8. The first-order chi connectivity index (χ1) is 9.06. The molecule has 1 heterocycles. The Hall–Kier alpha value is -2.01. The molecule has 0 spiro atoms. The molecule has 0 radical (unpaired) electrons. The first-order valence-corrected chi connectivity index (χ1v) is 6.24. The number of halogens is 1. The van der Waals surface area contributed by atoms with Gasteiger partial charge in [0.15, 0.2) is 0 Å². The molecule has 19 heavy (non-hydrogen) atoms. The van der Waals surface area contributed by atoms with E-state index in [-0.39, 0.29) is 5.02 Å². The SMILES string of the molecule is Cc1cccc(NCCn2cc(Cl)c(=O)[nH]c2=O)c1. The van der Waals surface area contributed by atoms with Crippen LogP contribution >= 0.6 is 11.6 Å². The highest BCUT2D eigenvalue weighted by molar-refractivity contribution is 6.30. The molecule has 0 unspecified atom stereocenters. The number of nitrogens with zero attached hydrogens (tertiary/aromatic N) is 1. The van der Waals surface area contributed by atoms with Gasteiger partial charge in [-0.25, -0.2) is 4.79 Å². The van der Waals surface area contributed by atoms with Crippen LogP contribution in [0.25, 0.3) is 0 Å². The smallest absolute Gasteiger partial charge is 0.328 e. The maximum Gasteiger partial charge on any atom is 0.328 e. The first kappa shape index (κ1) is 13.4. The molecule has 0 saturated carbocycles. The Bertz CT molecular complexity index is 691. The quantitative estimate of drug-likeness (QED) is 0.893. The van der Waals surface area contributed by atoms with Crippen LogP contribution in [0, 0.1) is 6.92 Å². The zero-order valence-corrected chi connectivity index (χ0v) is 11.2. The van der Waals surface area contributed by atoms with Gasteiger partial charge in [-0.2, -0.15) is 0 Å². The minimum Gasteiger partial charge on any atom is -0.383 e. The van der Waals surface area contributed by atoms with Gasteiger partial charge in [0, 0.05) is 25.0 Å². The van der Waals surface area contributed by atoms with Gasteiger partial charge in [0.1, 0.15) is 5.02 Å². The highest BCUT2D eigenvalue weighted by atomic mass is 35.5. The molecular formula is C13H14ClN3O2. The minimum atomic E-state index is -0.561. The van der Waals surface area contributed by atoms with Crippen LogP contribution in [0.1, 0.15) is 5.56 Å². The second kappa shape index (κ2) is 5.75. The maximum atomic E-state index is 11.5. The number of nitrogens with one attached hydrogen (secondary N) is 2. The summed E-state index contributed by atoms with van der Waals surface area (Å²) < 4.78 is 1.37. The highest BCUT2D eigenvalue weighted by Crippen LogP contribution is 2.08. The van der Waals surface area contributed by atoms with Gasteiger partial charge in [-0.1, -0.05) is 23.7 Å². The number of H-pyrrole nitrogens is 1. The summed E-state index contributed by atoms with van der Waals surface area (Å²) in [7, 11) is 0. The fraction of sp³-hybridized carbons (Fsp3) is 0.231. The van der Waals surface area contributed by atoms with E-state index in [4.69, 9.17) is 11.6 Å². The van der Waals surface area contributed by atoms with Crippen molar-refractivity contribution < 1.29 is 0 Å². The van der Waals surface area contributed by atoms with E-state index in [1.165, 1.54) is 10.8 Å². The molecular weight excluding hydrogens is 266 g/mol. The lowest BCUT2D eigenvalue weighted by atomic mass is 10.2. The second-order valence-electron chi connectivity index (χ2n) is 4.23. The molecule has 1 aromatic carbocycles. The minimum absolute atomic E-state index is 0.00940. The van der Waals surface area contributed by atoms with Crippen LogP contribution < -0.4 is 16.6 Å². The topological polar surface area (TPSA) is 66.9 Å². The fourth-order valence-electron chi connectivity index (χ4n) is 1.72. The number of anilines is 1. The van der Waals surface area contributed by atoms with E-state index < -0.39 is 11.2 Å². The van der Waals surface area contributed by atoms with E-state index in [1.807, 2.05) is 31.2 Å². The molecule has 6 heteroatoms. The number of hydrogen-bond donors (Lipinski definition) is 2. The van der Waals surface area contributed by atoms with Crippen LogP contribution in [0.2, 0.25) is 5.02 Å². The molecule has 0 fully saturated rings. The Balaban J connectivity index is 2.02. The van der Waals surface area contributed by atoms with Crippen LogP contribution in [0.3, 0.4) is 0 Å². The monoisotopic (exact) mass is 279 g/mol. The molecule has 0 aliphatic rings. The third kappa shape index (κ3) is 3.48. The van der Waals surface area contributed by atoms with E-state index in [9.17, 15) is 9.59 Å². The summed E-state index contributed by atoms with van der Waals surface area (Å²) in [6.45, 7) is 2.99. The van der Waals surface area contributed by atoms with Gasteiger partial charge in [-0.05, 0) is 24.6 Å². The maximum absolute atomic E-state index is 11.5. The summed E-state index contributed by atoms with van der Waals surface area (Å²) in [5.41, 5.74) is 1.13. The molecule has 0 aliphatic carbocycles. The number of rotatable bonds is 4. The lowest BCUT2D eigenvalue weighted by Crippen LogP contribution is -2.31. The summed E-state index contributed by atoms with van der Waals surface area (Å²) in [5.74, 6) is 0. The Labute approximate surface area is 114 Å². The number of aromatic nitrogens is 2. The van der Waals surface area contributed by atoms with Crippen LogP contribution in [-0.4, -0.2) is 16.1 Å². The summed E-state index contributed by atoms with van der Waals surface area (Å²) >= 11 is 5.68. The lowest BCUT2D eigenvalue weighted by Gasteiger charge is -2.08. The molecule has 0 aliphatic heterocycles. The number of aromatic amines is 1. The van der Waals surface area contributed by atoms with Crippen molar-refractivity contribution in [3.05, 3.63) is 61.9 Å². The normalized spacial score (nSPS) is 10.4. The second-order valence-corrected chi connectivity index (χ2v) is 4.63. The predicted molar refractivity (Wildman–Crippen MR) is 76.0 cm³/mol. The Morgan fingerprint density at radius 1 is 1.37 bits per heavy atom. The third-order valence-electron chi connectivity index (χ3n) is 2.67. The van der Waals surface area contributed by atoms with Gasteiger partial charge in [-0.15, -0.1) is 0 Å². The standard InChI is InChI=1S/C13H14ClN3O2/c1-9-3-2-4-10(7-9)15-5-6-17-8-11(14)12(18)16-13(17)19/h2-4,7-8,15H,5-6H2,1H3,(H,16,18,19). The summed E-state index contributed by atoms with van der Waals surface area (Å²) in [5, 5.41) is 3.21. The Kier molecular flexibility index (Phi) is 4.06. The molecule has 5 nitrogen and oxygen atoms in total. The van der Waals surface area contributed by atoms with Crippen LogP contribution in [0.4, 0.5) is 5.69 Å². The van der Waals surface area contributed by atoms with Crippen molar-refractivity contribution in [1.82, 2.24) is 9.55 Å². The van der Waals surface area contributed by atoms with Crippen molar-refractivity contribution in [2.24, 2.45) is 0 Å². The number of aryl methyl sites for hydroxylation is 1. The average molecular weight is 280 g/mol. The molecule has 0 bridgehead atoms. The molecule has 100 valence electrons. The third-order valence-corrected chi connectivity index (χ3v) is 2.94. The van der Waals surface area contributed by atoms with Crippen molar-refractivity contribution in [2.45, 2.75) is 13.5 Å². The zero-order valence-electron chi connectivity index (χ0n) is 10.4. The number of hydrogen-bond acceptors (Lipinski definition) is 3. The molecule has 1 aromatic heterocycles. The molecule has 0 saturated heterocycles. The Morgan fingerprint density at radius 2 is 2.16 bits per heavy atom. The van der Waals surface area contributed by atoms with Gasteiger partial charge < -0.3 is 5.32 Å². The van der Waals surface area contributed by atoms with Gasteiger partial charge in [0.25, 0.3) is 5.56 Å². The summed E-state index contributed by atoms with van der Waals surface area (Å²) in [6.07, 6.45) is 1.35. The molecule has 0 atom stereocenters. The molecule has 0 amide bonds. The largest absolute Gasteiger partial charge is 0.383 e. The van der Waals surface area contributed by atoms with Crippen molar-refractivity contribution >= 4 is 17.3 Å². The zero-order chi connectivity index (χ0) is 13.8. The van der Waals surface area contributed by atoms with Gasteiger partial charge >= 0.3 is 5.69 Å². The van der Waals surface area contributed by atoms with Crippen LogP contribution in [0.5, 0.6) is 0 Å². The van der Waals surface area contributed by atoms with Crippen molar-refractivity contribution in [1.29, 1.82) is 0 Å². The molecule has 2 N–H and O–H groups in total. The van der Waals surface area contributed by atoms with E-state index in [1.54, 1.807) is 0 Å². The summed E-state index contributed by atoms with van der Waals surface area (Å²) in [6, 6.07) is 7.94. The fourth-order valence-corrected chi connectivity index (χ4v) is 1.89. The van der Waals surface area contributed by atoms with E-state index in [0.717, 1.165) is 11.3 Å². The van der Waals surface area contributed by atoms with Crippen molar-refractivity contribution in [3.8, 4) is 0 Å². The first-order valence-electron chi connectivity index (χ1n) is 5.86. The van der Waals surface area contributed by atoms with Crippen molar-refractivity contribution in [2.75, 3.05) is 11.9 Å². The Morgan fingerprint density at radius 3 is 2.89 bits per heavy atom. The van der Waals surface area contributed by atoms with E-state index in [0.29, 0.717) is 13.1 Å².